The fraction of sp³-hybridized carbons (Fsp3) is 0.389. The standard InChI is InChI=1S/C18H18BrN3O6S/c1-10-14-15(18(25)22(2-5-23)17(14)24)12-8-11(9-13(19)16(12)20-10)29(26,27)21-3-6-28-7-4-21/h8-9,23H,2-7H2,1H3. The zero-order valence-corrected chi connectivity index (χ0v) is 17.9. The molecule has 154 valence electrons. The second-order valence-electron chi connectivity index (χ2n) is 6.75. The molecule has 1 aromatic heterocycles. The minimum absolute atomic E-state index is 0.00693. The van der Waals surface area contributed by atoms with Crippen LogP contribution in [0.2, 0.25) is 0 Å². The highest BCUT2D eigenvalue weighted by molar-refractivity contribution is 9.10. The molecule has 3 heterocycles. The Morgan fingerprint density at radius 1 is 1.17 bits per heavy atom. The van der Waals surface area contributed by atoms with Gasteiger partial charge >= 0.3 is 0 Å². The summed E-state index contributed by atoms with van der Waals surface area (Å²) in [5.41, 5.74) is 1.03. The average Bonchev–Trinajstić information content (AvgIpc) is 2.95. The van der Waals surface area contributed by atoms with Gasteiger partial charge < -0.3 is 9.84 Å². The number of β-amino-alcohol motifs (C(OH)–C–C–N with tert-alkyl or cyclic N) is 1. The molecule has 4 rings (SSSR count). The number of ether oxygens (including phenoxy) is 1. The first kappa shape index (κ1) is 20.4. The van der Waals surface area contributed by atoms with Crippen molar-refractivity contribution in [1.29, 1.82) is 0 Å². The Kier molecular flexibility index (Phi) is 5.20. The summed E-state index contributed by atoms with van der Waals surface area (Å²) >= 11 is 3.37. The number of aryl methyl sites for hydroxylation is 1. The summed E-state index contributed by atoms with van der Waals surface area (Å²) in [5.74, 6) is -1.11. The molecule has 2 amide bonds. The molecule has 0 aliphatic carbocycles. The lowest BCUT2D eigenvalue weighted by Gasteiger charge is -2.26. The number of hydrogen-bond donors (Lipinski definition) is 1. The molecule has 1 saturated heterocycles. The van der Waals surface area contributed by atoms with Crippen molar-refractivity contribution in [2.45, 2.75) is 11.8 Å². The highest BCUT2D eigenvalue weighted by atomic mass is 79.9. The third-order valence-electron chi connectivity index (χ3n) is 5.05. The molecular formula is C18H18BrN3O6S. The molecule has 2 aromatic rings. The van der Waals surface area contributed by atoms with E-state index in [-0.39, 0.29) is 47.6 Å². The van der Waals surface area contributed by atoms with Crippen LogP contribution in [0.4, 0.5) is 0 Å². The van der Waals surface area contributed by atoms with Gasteiger partial charge in [-0.2, -0.15) is 4.31 Å². The van der Waals surface area contributed by atoms with E-state index in [9.17, 15) is 23.1 Å². The number of aliphatic hydroxyl groups is 1. The van der Waals surface area contributed by atoms with Gasteiger partial charge in [0.15, 0.2) is 0 Å². The number of amides is 2. The molecule has 11 heteroatoms. The number of imide groups is 1. The number of carbonyl (C=O) groups is 2. The lowest BCUT2D eigenvalue weighted by molar-refractivity contribution is 0.0624. The SMILES string of the molecule is Cc1nc2c(Br)cc(S(=O)(=O)N3CCOCC3)cc2c2c1C(=O)N(CCO)C2=O. The molecule has 2 aliphatic rings. The molecule has 1 aromatic carbocycles. The predicted octanol–water partition coefficient (Wildman–Crippen LogP) is 0.915. The fourth-order valence-electron chi connectivity index (χ4n) is 3.65. The third-order valence-corrected chi connectivity index (χ3v) is 7.53. The van der Waals surface area contributed by atoms with Crippen LogP contribution in [0.3, 0.4) is 0 Å². The predicted molar refractivity (Wildman–Crippen MR) is 106 cm³/mol. The van der Waals surface area contributed by atoms with Crippen LogP contribution in [0.25, 0.3) is 10.9 Å². The number of fused-ring (bicyclic) bond motifs is 3. The Balaban J connectivity index is 1.94. The van der Waals surface area contributed by atoms with Gasteiger partial charge in [-0.05, 0) is 35.0 Å². The minimum Gasteiger partial charge on any atom is -0.395 e. The van der Waals surface area contributed by atoms with Crippen LogP contribution in [-0.2, 0) is 14.8 Å². The van der Waals surface area contributed by atoms with Crippen molar-refractivity contribution in [3.05, 3.63) is 33.4 Å². The van der Waals surface area contributed by atoms with E-state index < -0.39 is 21.8 Å². The molecule has 1 N–H and O–H groups in total. The summed E-state index contributed by atoms with van der Waals surface area (Å²) in [6.45, 7) is 2.22. The Morgan fingerprint density at radius 2 is 1.83 bits per heavy atom. The van der Waals surface area contributed by atoms with E-state index in [1.807, 2.05) is 0 Å². The molecule has 0 saturated carbocycles. The Hall–Kier alpha value is -1.92. The number of benzene rings is 1. The summed E-state index contributed by atoms with van der Waals surface area (Å²) < 4.78 is 33.2. The summed E-state index contributed by atoms with van der Waals surface area (Å²) in [6, 6.07) is 2.85. The van der Waals surface area contributed by atoms with Crippen LogP contribution in [0.1, 0.15) is 26.4 Å². The normalized spacial score (nSPS) is 18.0. The second-order valence-corrected chi connectivity index (χ2v) is 9.54. The largest absolute Gasteiger partial charge is 0.395 e. The van der Waals surface area contributed by atoms with Gasteiger partial charge in [0, 0.05) is 22.9 Å². The van der Waals surface area contributed by atoms with Gasteiger partial charge in [0.2, 0.25) is 10.0 Å². The van der Waals surface area contributed by atoms with Crippen molar-refractivity contribution < 1.29 is 27.9 Å². The van der Waals surface area contributed by atoms with Gasteiger partial charge in [0.05, 0.1) is 53.6 Å². The van der Waals surface area contributed by atoms with Gasteiger partial charge in [-0.3, -0.25) is 19.5 Å². The van der Waals surface area contributed by atoms with Crippen molar-refractivity contribution in [1.82, 2.24) is 14.2 Å². The highest BCUT2D eigenvalue weighted by Gasteiger charge is 2.39. The van der Waals surface area contributed by atoms with Crippen LogP contribution in [0, 0.1) is 6.92 Å². The number of rotatable bonds is 4. The number of aliphatic hydroxyl groups excluding tert-OH is 1. The van der Waals surface area contributed by atoms with E-state index in [0.717, 1.165) is 4.90 Å². The molecule has 0 unspecified atom stereocenters. The van der Waals surface area contributed by atoms with Gasteiger partial charge in [-0.25, -0.2) is 8.42 Å². The van der Waals surface area contributed by atoms with Crippen LogP contribution in [-0.4, -0.2) is 79.0 Å². The molecule has 9 nitrogen and oxygen atoms in total. The summed E-state index contributed by atoms with van der Waals surface area (Å²) in [7, 11) is -3.81. The lowest BCUT2D eigenvalue weighted by atomic mass is 10.0. The highest BCUT2D eigenvalue weighted by Crippen LogP contribution is 2.36. The number of halogens is 1. The van der Waals surface area contributed by atoms with Gasteiger partial charge in [0.25, 0.3) is 11.8 Å². The number of nitrogens with zero attached hydrogens (tertiary/aromatic N) is 3. The van der Waals surface area contributed by atoms with Gasteiger partial charge in [-0.15, -0.1) is 0 Å². The number of pyridine rings is 1. The Morgan fingerprint density at radius 3 is 2.48 bits per heavy atom. The number of carbonyl (C=O) groups excluding carboxylic acids is 2. The molecular weight excluding hydrogens is 466 g/mol. The first-order valence-electron chi connectivity index (χ1n) is 8.96. The van der Waals surface area contributed by atoms with E-state index in [2.05, 4.69) is 20.9 Å². The first-order valence-corrected chi connectivity index (χ1v) is 11.2. The minimum atomic E-state index is -3.81. The summed E-state index contributed by atoms with van der Waals surface area (Å²) in [6.07, 6.45) is 0. The quantitative estimate of drug-likeness (QED) is 0.642. The number of hydrogen-bond acceptors (Lipinski definition) is 7. The maximum Gasteiger partial charge on any atom is 0.263 e. The summed E-state index contributed by atoms with van der Waals surface area (Å²) in [5, 5.41) is 9.48. The zero-order valence-electron chi connectivity index (χ0n) is 15.5. The average molecular weight is 484 g/mol. The van der Waals surface area contributed by atoms with Crippen LogP contribution < -0.4 is 0 Å². The molecule has 29 heavy (non-hydrogen) atoms. The van der Waals surface area contributed by atoms with E-state index in [1.165, 1.54) is 16.4 Å². The smallest absolute Gasteiger partial charge is 0.263 e. The molecule has 2 aliphatic heterocycles. The van der Waals surface area contributed by atoms with E-state index in [0.29, 0.717) is 28.9 Å². The molecule has 1 fully saturated rings. The second kappa shape index (κ2) is 7.40. The van der Waals surface area contributed by atoms with Crippen molar-refractivity contribution in [2.24, 2.45) is 0 Å². The maximum absolute atomic E-state index is 13.1. The van der Waals surface area contributed by atoms with E-state index >= 15 is 0 Å². The summed E-state index contributed by atoms with van der Waals surface area (Å²) in [4.78, 5) is 31.0. The van der Waals surface area contributed by atoms with Crippen LogP contribution >= 0.6 is 15.9 Å². The first-order chi connectivity index (χ1) is 13.8. The van der Waals surface area contributed by atoms with Gasteiger partial charge in [0.1, 0.15) is 0 Å². The Labute approximate surface area is 175 Å². The topological polar surface area (TPSA) is 117 Å². The molecule has 0 bridgehead atoms. The number of sulfonamides is 1. The number of morpholine rings is 1. The third kappa shape index (κ3) is 3.17. The molecule has 0 spiro atoms. The van der Waals surface area contributed by atoms with Gasteiger partial charge in [-0.1, -0.05) is 0 Å². The van der Waals surface area contributed by atoms with Crippen molar-refractivity contribution in [3.8, 4) is 0 Å². The van der Waals surface area contributed by atoms with E-state index in [1.54, 1.807) is 6.92 Å². The van der Waals surface area contributed by atoms with Crippen molar-refractivity contribution in [3.63, 3.8) is 0 Å². The molecule has 0 atom stereocenters. The molecule has 0 radical (unpaired) electrons. The van der Waals surface area contributed by atoms with Crippen molar-refractivity contribution in [2.75, 3.05) is 39.5 Å². The van der Waals surface area contributed by atoms with Crippen LogP contribution in [0.5, 0.6) is 0 Å². The van der Waals surface area contributed by atoms with Crippen LogP contribution in [0.15, 0.2) is 21.5 Å². The maximum atomic E-state index is 13.1. The fourth-order valence-corrected chi connectivity index (χ4v) is 5.81. The monoisotopic (exact) mass is 483 g/mol. The zero-order chi connectivity index (χ0) is 20.9. The lowest BCUT2D eigenvalue weighted by Crippen LogP contribution is -2.40. The van der Waals surface area contributed by atoms with E-state index in [4.69, 9.17) is 4.74 Å². The van der Waals surface area contributed by atoms with Crippen molar-refractivity contribution >= 4 is 48.7 Å². The Bertz CT molecular complexity index is 1140. The number of aromatic nitrogens is 1.